The molecule has 3 aromatic rings. The smallest absolute Gasteiger partial charge is 0.271 e. The van der Waals surface area contributed by atoms with Gasteiger partial charge >= 0.3 is 0 Å². The summed E-state index contributed by atoms with van der Waals surface area (Å²) < 4.78 is 11.5. The normalized spacial score (nSPS) is 18.3. The molecule has 0 bridgehead atoms. The summed E-state index contributed by atoms with van der Waals surface area (Å²) in [5.41, 5.74) is 8.25. The maximum absolute atomic E-state index is 13.0. The van der Waals surface area contributed by atoms with Crippen molar-refractivity contribution in [3.05, 3.63) is 83.4 Å². The van der Waals surface area contributed by atoms with E-state index in [1.807, 2.05) is 55.5 Å². The number of nitrogens with two attached hydrogens (primary N) is 1. The van der Waals surface area contributed by atoms with Gasteiger partial charge < -0.3 is 15.2 Å². The van der Waals surface area contributed by atoms with Gasteiger partial charge in [-0.25, -0.2) is 0 Å². The molecule has 0 radical (unpaired) electrons. The Morgan fingerprint density at radius 2 is 1.55 bits per heavy atom. The van der Waals surface area contributed by atoms with Gasteiger partial charge in [-0.1, -0.05) is 23.7 Å². The zero-order valence-corrected chi connectivity index (χ0v) is 16.7. The van der Waals surface area contributed by atoms with E-state index in [1.54, 1.807) is 29.2 Å². The number of hydrogen-bond donors (Lipinski definition) is 1. The molecule has 1 saturated heterocycles. The van der Waals surface area contributed by atoms with Gasteiger partial charge in [-0.3, -0.25) is 9.69 Å². The molecule has 0 aliphatic carbocycles. The predicted octanol–water partition coefficient (Wildman–Crippen LogP) is 4.86. The third-order valence-corrected chi connectivity index (χ3v) is 5.08. The molecule has 1 aliphatic rings. The lowest BCUT2D eigenvalue weighted by Crippen LogP contribution is -2.61. The number of carbonyl (C=O) groups excluding carboxylic acids is 1. The Morgan fingerprint density at radius 3 is 2.17 bits per heavy atom. The fourth-order valence-electron chi connectivity index (χ4n) is 3.41. The van der Waals surface area contributed by atoms with Gasteiger partial charge in [-0.2, -0.15) is 0 Å². The predicted molar refractivity (Wildman–Crippen MR) is 115 cm³/mol. The lowest BCUT2D eigenvalue weighted by atomic mass is 9.89. The van der Waals surface area contributed by atoms with Gasteiger partial charge in [0.15, 0.2) is 0 Å². The van der Waals surface area contributed by atoms with Gasteiger partial charge in [0.2, 0.25) is 6.10 Å². The van der Waals surface area contributed by atoms with E-state index in [0.29, 0.717) is 23.1 Å². The molecule has 2 N–H and O–H groups in total. The highest BCUT2D eigenvalue weighted by atomic mass is 35.5. The van der Waals surface area contributed by atoms with Crippen molar-refractivity contribution < 1.29 is 14.3 Å². The van der Waals surface area contributed by atoms with Crippen LogP contribution in [0.1, 0.15) is 18.5 Å². The summed E-state index contributed by atoms with van der Waals surface area (Å²) in [6.07, 6.45) is -0.633. The van der Waals surface area contributed by atoms with Gasteiger partial charge in [0, 0.05) is 16.4 Å². The van der Waals surface area contributed by atoms with E-state index in [-0.39, 0.29) is 11.9 Å². The highest BCUT2D eigenvalue weighted by molar-refractivity contribution is 6.30. The molecule has 1 amide bonds. The van der Waals surface area contributed by atoms with E-state index in [1.165, 1.54) is 0 Å². The Morgan fingerprint density at radius 1 is 0.931 bits per heavy atom. The first-order chi connectivity index (χ1) is 14.1. The first-order valence-electron chi connectivity index (χ1n) is 9.40. The second-order valence-electron chi connectivity index (χ2n) is 6.74. The summed E-state index contributed by atoms with van der Waals surface area (Å²) in [7, 11) is 0. The number of hydrogen-bond acceptors (Lipinski definition) is 4. The second-order valence-corrected chi connectivity index (χ2v) is 7.18. The summed E-state index contributed by atoms with van der Waals surface area (Å²) in [6.45, 7) is 2.52. The number of nitrogens with zero attached hydrogens (tertiary/aromatic N) is 1. The number of ether oxygens (including phenoxy) is 2. The summed E-state index contributed by atoms with van der Waals surface area (Å²) in [5, 5.41) is 0.614. The highest BCUT2D eigenvalue weighted by Crippen LogP contribution is 2.42. The molecule has 0 aromatic heterocycles. The molecule has 4 rings (SSSR count). The van der Waals surface area contributed by atoms with Crippen LogP contribution < -0.4 is 20.1 Å². The van der Waals surface area contributed by atoms with E-state index in [4.69, 9.17) is 26.8 Å². The van der Waals surface area contributed by atoms with Crippen molar-refractivity contribution in [3.63, 3.8) is 0 Å². The van der Waals surface area contributed by atoms with Crippen molar-refractivity contribution in [1.82, 2.24) is 0 Å². The molecular formula is C23H21ClN2O3. The van der Waals surface area contributed by atoms with Crippen LogP contribution >= 0.6 is 11.6 Å². The first-order valence-corrected chi connectivity index (χ1v) is 9.78. The Bertz CT molecular complexity index is 988. The van der Waals surface area contributed by atoms with Crippen LogP contribution in [0.4, 0.5) is 11.4 Å². The maximum Gasteiger partial charge on any atom is 0.271 e. The van der Waals surface area contributed by atoms with Gasteiger partial charge in [0.1, 0.15) is 17.5 Å². The molecule has 1 aliphatic heterocycles. The molecular weight excluding hydrogens is 388 g/mol. The summed E-state index contributed by atoms with van der Waals surface area (Å²) in [5.74, 6) is 1.26. The number of β-lactam (4-membered cyclic amide) rings is 1. The minimum Gasteiger partial charge on any atom is -0.494 e. The average molecular weight is 409 g/mol. The zero-order valence-electron chi connectivity index (χ0n) is 15.9. The minimum absolute atomic E-state index is 0.106. The minimum atomic E-state index is -0.633. The van der Waals surface area contributed by atoms with Gasteiger partial charge in [0.25, 0.3) is 5.91 Å². The van der Waals surface area contributed by atoms with Crippen LogP contribution in [0, 0.1) is 0 Å². The molecule has 1 fully saturated rings. The monoisotopic (exact) mass is 408 g/mol. The van der Waals surface area contributed by atoms with E-state index in [2.05, 4.69) is 0 Å². The molecule has 148 valence electrons. The SMILES string of the molecule is CCOc1ccc(N2C(=O)C(Oc3ccc(Cl)cc3)C2c2ccc(N)cc2)cc1. The van der Waals surface area contributed by atoms with Crippen LogP contribution in [0.15, 0.2) is 72.8 Å². The quantitative estimate of drug-likeness (QED) is 0.467. The Balaban J connectivity index is 1.64. The molecule has 0 saturated carbocycles. The third kappa shape index (κ3) is 3.87. The second kappa shape index (κ2) is 8.05. The largest absolute Gasteiger partial charge is 0.494 e. The molecule has 29 heavy (non-hydrogen) atoms. The van der Waals surface area contributed by atoms with Gasteiger partial charge in [-0.05, 0) is 73.2 Å². The fraction of sp³-hybridized carbons (Fsp3) is 0.174. The molecule has 0 spiro atoms. The number of carbonyl (C=O) groups is 1. The number of benzene rings is 3. The highest BCUT2D eigenvalue weighted by Gasteiger charge is 2.51. The first kappa shape index (κ1) is 19.2. The number of rotatable bonds is 6. The van der Waals surface area contributed by atoms with E-state index < -0.39 is 6.10 Å². The molecule has 3 aromatic carbocycles. The van der Waals surface area contributed by atoms with E-state index in [0.717, 1.165) is 17.0 Å². The number of amides is 1. The zero-order chi connectivity index (χ0) is 20.4. The molecule has 5 nitrogen and oxygen atoms in total. The average Bonchev–Trinajstić information content (AvgIpc) is 2.73. The Labute approximate surface area is 174 Å². The van der Waals surface area contributed by atoms with E-state index in [9.17, 15) is 4.79 Å². The third-order valence-electron chi connectivity index (χ3n) is 4.83. The van der Waals surface area contributed by atoms with Crippen LogP contribution in [-0.4, -0.2) is 18.6 Å². The van der Waals surface area contributed by atoms with Crippen molar-refractivity contribution >= 4 is 28.9 Å². The van der Waals surface area contributed by atoms with Crippen molar-refractivity contribution in [2.75, 3.05) is 17.2 Å². The molecule has 6 heteroatoms. The molecule has 2 atom stereocenters. The van der Waals surface area contributed by atoms with Crippen LogP contribution in [0.25, 0.3) is 0 Å². The van der Waals surface area contributed by atoms with Crippen molar-refractivity contribution in [2.45, 2.75) is 19.1 Å². The number of nitrogen functional groups attached to an aromatic ring is 1. The molecule has 2 unspecified atom stereocenters. The molecule has 1 heterocycles. The van der Waals surface area contributed by atoms with Crippen molar-refractivity contribution in [2.24, 2.45) is 0 Å². The lowest BCUT2D eigenvalue weighted by Gasteiger charge is -2.46. The van der Waals surface area contributed by atoms with Crippen LogP contribution in [0.5, 0.6) is 11.5 Å². The number of halogens is 1. The van der Waals surface area contributed by atoms with Crippen molar-refractivity contribution in [1.29, 1.82) is 0 Å². The van der Waals surface area contributed by atoms with Gasteiger partial charge in [0.05, 0.1) is 6.61 Å². The summed E-state index contributed by atoms with van der Waals surface area (Å²) in [4.78, 5) is 14.8. The van der Waals surface area contributed by atoms with Crippen LogP contribution in [0.2, 0.25) is 5.02 Å². The maximum atomic E-state index is 13.0. The van der Waals surface area contributed by atoms with Crippen LogP contribution in [0.3, 0.4) is 0 Å². The topological polar surface area (TPSA) is 64.8 Å². The Hall–Kier alpha value is -3.18. The van der Waals surface area contributed by atoms with Crippen molar-refractivity contribution in [3.8, 4) is 11.5 Å². The lowest BCUT2D eigenvalue weighted by molar-refractivity contribution is -0.135. The van der Waals surface area contributed by atoms with E-state index >= 15 is 0 Å². The Kier molecular flexibility index (Phi) is 5.32. The fourth-order valence-corrected chi connectivity index (χ4v) is 3.54. The summed E-state index contributed by atoms with van der Waals surface area (Å²) in [6, 6.07) is 21.7. The summed E-state index contributed by atoms with van der Waals surface area (Å²) >= 11 is 5.95. The van der Waals surface area contributed by atoms with Gasteiger partial charge in [-0.15, -0.1) is 0 Å². The van der Waals surface area contributed by atoms with Crippen LogP contribution in [-0.2, 0) is 4.79 Å². The number of anilines is 2. The standard InChI is InChI=1S/C23H21ClN2O3/c1-2-28-19-13-9-18(10-14-19)26-21(15-3-7-17(25)8-4-15)22(23(26)27)29-20-11-5-16(24)6-12-20/h3-14,21-22H,2,25H2,1H3.